The fraction of sp³-hybridized carbons (Fsp3) is 0.375. The maximum absolute atomic E-state index is 13.7. The molecular formula is C16H16F2N4O2S. The summed E-state index contributed by atoms with van der Waals surface area (Å²) in [4.78, 5) is 18.3. The zero-order chi connectivity index (χ0) is 17.6. The van der Waals surface area contributed by atoms with Crippen LogP contribution in [0.1, 0.15) is 5.56 Å². The van der Waals surface area contributed by atoms with Crippen LogP contribution >= 0.6 is 0 Å². The molecule has 3 heterocycles. The molecule has 0 spiro atoms. The lowest BCUT2D eigenvalue weighted by molar-refractivity contribution is 0.500. The van der Waals surface area contributed by atoms with Gasteiger partial charge in [-0.2, -0.15) is 4.98 Å². The Labute approximate surface area is 144 Å². The van der Waals surface area contributed by atoms with Crippen molar-refractivity contribution in [3.63, 3.8) is 0 Å². The van der Waals surface area contributed by atoms with Crippen LogP contribution in [0.4, 0.5) is 20.4 Å². The fourth-order valence-corrected chi connectivity index (χ4v) is 4.58. The van der Waals surface area contributed by atoms with Gasteiger partial charge < -0.3 is 10.2 Å². The van der Waals surface area contributed by atoms with Gasteiger partial charge in [0.1, 0.15) is 11.6 Å². The van der Waals surface area contributed by atoms with Gasteiger partial charge in [0.05, 0.1) is 12.6 Å². The first-order valence-electron chi connectivity index (χ1n) is 7.93. The van der Waals surface area contributed by atoms with Crippen LogP contribution in [0.5, 0.6) is 0 Å². The molecule has 2 unspecified atom stereocenters. The number of hydrogen-bond donors (Lipinski definition) is 1. The predicted molar refractivity (Wildman–Crippen MR) is 91.2 cm³/mol. The molecule has 1 fully saturated rings. The molecule has 4 rings (SSSR count). The van der Waals surface area contributed by atoms with E-state index in [1.54, 1.807) is 10.6 Å². The third-order valence-electron chi connectivity index (χ3n) is 4.55. The lowest BCUT2D eigenvalue weighted by Crippen LogP contribution is -2.44. The van der Waals surface area contributed by atoms with Gasteiger partial charge >= 0.3 is 5.69 Å². The summed E-state index contributed by atoms with van der Waals surface area (Å²) in [5.74, 6) is 0.330. The Balaban J connectivity index is 1.58. The van der Waals surface area contributed by atoms with Crippen molar-refractivity contribution < 1.29 is 13.0 Å². The second-order valence-electron chi connectivity index (χ2n) is 6.12. The summed E-state index contributed by atoms with van der Waals surface area (Å²) in [7, 11) is -0.855. The molecule has 0 amide bonds. The lowest BCUT2D eigenvalue weighted by Gasteiger charge is -2.30. The minimum absolute atomic E-state index is 0.0208. The number of nitrogens with one attached hydrogen (secondary N) is 1. The molecule has 6 nitrogen and oxygen atoms in total. The third-order valence-corrected chi connectivity index (χ3v) is 5.94. The number of benzene rings is 1. The molecule has 0 aliphatic carbocycles. The van der Waals surface area contributed by atoms with Crippen molar-refractivity contribution >= 4 is 22.4 Å². The molecule has 1 aromatic carbocycles. The van der Waals surface area contributed by atoms with Crippen LogP contribution in [0.15, 0.2) is 29.1 Å². The number of fused-ring (bicyclic) bond motifs is 3. The van der Waals surface area contributed by atoms with Crippen molar-refractivity contribution in [1.29, 1.82) is 0 Å². The Bertz CT molecular complexity index is 917. The van der Waals surface area contributed by atoms with E-state index < -0.39 is 28.1 Å². The van der Waals surface area contributed by atoms with Crippen LogP contribution in [0, 0.1) is 11.6 Å². The van der Waals surface area contributed by atoms with Gasteiger partial charge in [-0.15, -0.1) is 0 Å². The molecule has 0 bridgehead atoms. The van der Waals surface area contributed by atoms with Gasteiger partial charge in [-0.05, 0) is 6.07 Å². The molecular weight excluding hydrogens is 350 g/mol. The summed E-state index contributed by atoms with van der Waals surface area (Å²) in [6.07, 6.45) is 0. The van der Waals surface area contributed by atoms with E-state index in [-0.39, 0.29) is 18.2 Å². The first-order chi connectivity index (χ1) is 12.0. The predicted octanol–water partition coefficient (Wildman–Crippen LogP) is 1.08. The molecule has 0 saturated carbocycles. The van der Waals surface area contributed by atoms with Crippen LogP contribution in [0.25, 0.3) is 0 Å². The van der Waals surface area contributed by atoms with Crippen molar-refractivity contribution in [2.45, 2.75) is 19.1 Å². The second kappa shape index (κ2) is 6.21. The maximum atomic E-state index is 13.7. The molecule has 132 valence electrons. The minimum atomic E-state index is -0.912. The normalized spacial score (nSPS) is 21.8. The van der Waals surface area contributed by atoms with E-state index in [1.165, 1.54) is 12.1 Å². The molecule has 1 aromatic heterocycles. The van der Waals surface area contributed by atoms with Crippen LogP contribution in [-0.4, -0.2) is 37.9 Å². The number of hydrogen-bond acceptors (Lipinski definition) is 5. The number of nitrogens with zero attached hydrogens (tertiary/aromatic N) is 3. The van der Waals surface area contributed by atoms with Gasteiger partial charge in [-0.25, -0.2) is 13.6 Å². The topological polar surface area (TPSA) is 67.2 Å². The van der Waals surface area contributed by atoms with Crippen molar-refractivity contribution in [3.8, 4) is 0 Å². The number of rotatable bonds is 3. The quantitative estimate of drug-likeness (QED) is 0.881. The number of halogens is 2. The summed E-state index contributed by atoms with van der Waals surface area (Å²) in [6, 6.07) is 5.73. The Hall–Kier alpha value is -2.29. The van der Waals surface area contributed by atoms with E-state index in [9.17, 15) is 17.8 Å². The summed E-state index contributed by atoms with van der Waals surface area (Å²) < 4.78 is 40.3. The molecule has 2 atom stereocenters. The Morgan fingerprint density at radius 3 is 3.04 bits per heavy atom. The minimum Gasteiger partial charge on any atom is -0.366 e. The monoisotopic (exact) mass is 366 g/mol. The highest BCUT2D eigenvalue weighted by molar-refractivity contribution is 7.85. The highest BCUT2D eigenvalue weighted by atomic mass is 32.2. The molecule has 9 heteroatoms. The molecule has 2 aliphatic heterocycles. The molecule has 25 heavy (non-hydrogen) atoms. The van der Waals surface area contributed by atoms with E-state index in [1.807, 2.05) is 0 Å². The highest BCUT2D eigenvalue weighted by Gasteiger charge is 2.35. The average molecular weight is 366 g/mol. The summed E-state index contributed by atoms with van der Waals surface area (Å²) in [6.45, 7) is 1.12. The summed E-state index contributed by atoms with van der Waals surface area (Å²) >= 11 is 0. The number of anilines is 2. The standard InChI is InChI=1S/C16H16F2N4O2S/c17-12-3-1-2-10(15(12)18)7-19-13-6-14-21-4-5-25(24)9-11(21)8-22(14)16(23)20-13/h1-3,6,11H,4-5,7-9H2,(H,19,20,23). The zero-order valence-corrected chi connectivity index (χ0v) is 14.1. The smallest absolute Gasteiger partial charge is 0.351 e. The molecule has 1 N–H and O–H groups in total. The van der Waals surface area contributed by atoms with E-state index >= 15 is 0 Å². The first kappa shape index (κ1) is 16.2. The third kappa shape index (κ3) is 2.92. The van der Waals surface area contributed by atoms with E-state index in [2.05, 4.69) is 15.2 Å². The van der Waals surface area contributed by atoms with Gasteiger partial charge in [-0.3, -0.25) is 8.78 Å². The zero-order valence-electron chi connectivity index (χ0n) is 13.2. The van der Waals surface area contributed by atoms with Gasteiger partial charge in [0.15, 0.2) is 11.6 Å². The van der Waals surface area contributed by atoms with Crippen LogP contribution in [0.2, 0.25) is 0 Å². The van der Waals surface area contributed by atoms with Crippen molar-refractivity contribution in [1.82, 2.24) is 9.55 Å². The fourth-order valence-electron chi connectivity index (χ4n) is 3.30. The highest BCUT2D eigenvalue weighted by Crippen LogP contribution is 2.28. The van der Waals surface area contributed by atoms with Crippen molar-refractivity contribution in [2.75, 3.05) is 28.3 Å². The van der Waals surface area contributed by atoms with Gasteiger partial charge in [0.2, 0.25) is 0 Å². The average Bonchev–Trinajstić information content (AvgIpc) is 2.94. The van der Waals surface area contributed by atoms with Crippen LogP contribution in [0.3, 0.4) is 0 Å². The summed E-state index contributed by atoms with van der Waals surface area (Å²) in [5, 5.41) is 2.89. The van der Waals surface area contributed by atoms with E-state index in [4.69, 9.17) is 0 Å². The van der Waals surface area contributed by atoms with Crippen LogP contribution in [-0.2, 0) is 23.9 Å². The van der Waals surface area contributed by atoms with Gasteiger partial charge in [-0.1, -0.05) is 12.1 Å². The first-order valence-corrected chi connectivity index (χ1v) is 9.42. The van der Waals surface area contributed by atoms with Crippen molar-refractivity contribution in [2.24, 2.45) is 0 Å². The SMILES string of the molecule is O=c1nc(NCc2cccc(F)c2F)cc2n1CC1CS(=O)CCN21. The molecule has 2 aromatic rings. The number of aromatic nitrogens is 2. The van der Waals surface area contributed by atoms with Gasteiger partial charge in [0.25, 0.3) is 0 Å². The maximum Gasteiger partial charge on any atom is 0.351 e. The molecule has 2 aliphatic rings. The largest absolute Gasteiger partial charge is 0.366 e. The molecule has 1 saturated heterocycles. The summed E-state index contributed by atoms with van der Waals surface area (Å²) in [5.41, 5.74) is -0.242. The molecule has 0 radical (unpaired) electrons. The van der Waals surface area contributed by atoms with Crippen molar-refractivity contribution in [3.05, 3.63) is 51.9 Å². The van der Waals surface area contributed by atoms with Gasteiger partial charge in [0, 0.05) is 47.0 Å². The Morgan fingerprint density at radius 1 is 1.36 bits per heavy atom. The second-order valence-corrected chi connectivity index (χ2v) is 7.74. The Morgan fingerprint density at radius 2 is 2.20 bits per heavy atom. The van der Waals surface area contributed by atoms with E-state index in [0.717, 1.165) is 11.9 Å². The van der Waals surface area contributed by atoms with Crippen LogP contribution < -0.4 is 15.9 Å². The Kier molecular flexibility index (Phi) is 4.03. The lowest BCUT2D eigenvalue weighted by atomic mass is 10.2. The van der Waals surface area contributed by atoms with E-state index in [0.29, 0.717) is 30.4 Å².